The van der Waals surface area contributed by atoms with Gasteiger partial charge in [-0.25, -0.2) is 23.4 Å². The van der Waals surface area contributed by atoms with Gasteiger partial charge in [-0.05, 0) is 55.5 Å². The Kier molecular flexibility index (Phi) is 5.86. The zero-order valence-electron chi connectivity index (χ0n) is 17.1. The van der Waals surface area contributed by atoms with E-state index in [-0.39, 0.29) is 10.7 Å². The Morgan fingerprint density at radius 2 is 1.12 bits per heavy atom. The van der Waals surface area contributed by atoms with Gasteiger partial charge in [-0.15, -0.1) is 0 Å². The van der Waals surface area contributed by atoms with Crippen LogP contribution in [0.2, 0.25) is 0 Å². The van der Waals surface area contributed by atoms with Crippen molar-refractivity contribution in [3.63, 3.8) is 0 Å². The van der Waals surface area contributed by atoms with Crippen LogP contribution in [-0.2, 0) is 10.0 Å². The summed E-state index contributed by atoms with van der Waals surface area (Å²) in [4.78, 5) is 13.2. The second-order valence-electron chi connectivity index (χ2n) is 6.93. The molecule has 0 saturated heterocycles. The highest BCUT2D eigenvalue weighted by atomic mass is 32.2. The number of sulfonamides is 1. The first-order chi connectivity index (χ1) is 15.4. The Balaban J connectivity index is 1.49. The summed E-state index contributed by atoms with van der Waals surface area (Å²) in [6.45, 7) is 1.89. The first kappa shape index (κ1) is 21.1. The lowest BCUT2D eigenvalue weighted by molar-refractivity contribution is 0.601. The number of nitrogen functional groups attached to an aromatic ring is 1. The maximum Gasteiger partial charge on any atom is 0.263 e. The molecule has 0 amide bonds. The summed E-state index contributed by atoms with van der Waals surface area (Å²) in [5.74, 6) is 2.67. The summed E-state index contributed by atoms with van der Waals surface area (Å²) in [5.41, 5.74) is 6.68. The van der Waals surface area contributed by atoms with E-state index in [2.05, 4.69) is 30.3 Å². The van der Waals surface area contributed by atoms with Crippen LogP contribution in [0, 0.1) is 6.92 Å². The molecule has 162 valence electrons. The topological polar surface area (TPSA) is 135 Å². The molecule has 0 aliphatic carbocycles. The Labute approximate surface area is 185 Å². The molecule has 0 bridgehead atoms. The average Bonchev–Trinajstić information content (AvgIpc) is 2.74. The molecule has 0 fully saturated rings. The molecule has 32 heavy (non-hydrogen) atoms. The van der Waals surface area contributed by atoms with Gasteiger partial charge in [0.15, 0.2) is 0 Å². The monoisotopic (exact) mass is 447 g/mol. The quantitative estimate of drug-likeness (QED) is 0.333. The van der Waals surface area contributed by atoms with Crippen molar-refractivity contribution in [2.75, 3.05) is 21.1 Å². The van der Waals surface area contributed by atoms with Crippen LogP contribution in [0.4, 0.5) is 34.9 Å². The van der Waals surface area contributed by atoms with Crippen LogP contribution < -0.4 is 21.1 Å². The molecule has 4 rings (SSSR count). The van der Waals surface area contributed by atoms with E-state index in [1.807, 2.05) is 13.0 Å². The number of hydrogen-bond acceptors (Lipinski definition) is 8. The van der Waals surface area contributed by atoms with E-state index in [1.54, 1.807) is 72.8 Å². The molecule has 0 aliphatic rings. The van der Waals surface area contributed by atoms with Crippen molar-refractivity contribution in [2.45, 2.75) is 11.8 Å². The number of aryl methyl sites for hydroxylation is 1. The Morgan fingerprint density at radius 3 is 1.69 bits per heavy atom. The second-order valence-corrected chi connectivity index (χ2v) is 8.61. The van der Waals surface area contributed by atoms with E-state index in [1.165, 1.54) is 0 Å². The highest BCUT2D eigenvalue weighted by molar-refractivity contribution is 7.92. The van der Waals surface area contributed by atoms with E-state index in [0.717, 1.165) is 5.56 Å². The Hall–Kier alpha value is -4.18. The fourth-order valence-electron chi connectivity index (χ4n) is 2.83. The predicted molar refractivity (Wildman–Crippen MR) is 126 cm³/mol. The minimum atomic E-state index is -3.75. The number of rotatable bonds is 7. The molecule has 0 aliphatic heterocycles. The molecule has 0 atom stereocenters. The first-order valence-electron chi connectivity index (χ1n) is 9.68. The van der Waals surface area contributed by atoms with Gasteiger partial charge in [0.2, 0.25) is 0 Å². The van der Waals surface area contributed by atoms with Crippen molar-refractivity contribution in [2.24, 2.45) is 0 Å². The summed E-state index contributed by atoms with van der Waals surface area (Å²) < 4.78 is 27.7. The molecule has 4 aromatic rings. The van der Waals surface area contributed by atoms with Gasteiger partial charge in [-0.1, -0.05) is 35.9 Å². The lowest BCUT2D eigenvalue weighted by Crippen LogP contribution is -2.14. The molecular formula is C22H21N7O2S. The van der Waals surface area contributed by atoms with E-state index < -0.39 is 10.0 Å². The fourth-order valence-corrected chi connectivity index (χ4v) is 3.83. The zero-order chi connectivity index (χ0) is 22.6. The number of aromatic nitrogens is 3. The summed E-state index contributed by atoms with van der Waals surface area (Å²) in [7, 11) is -3.75. The minimum absolute atomic E-state index is 0.166. The number of pyridine rings is 3. The van der Waals surface area contributed by atoms with Crippen LogP contribution in [0.25, 0.3) is 0 Å². The summed E-state index contributed by atoms with van der Waals surface area (Å²) in [6.07, 6.45) is 0. The zero-order valence-corrected chi connectivity index (χ0v) is 18.0. The number of nitrogens with zero attached hydrogens (tertiary/aromatic N) is 3. The normalized spacial score (nSPS) is 11.0. The van der Waals surface area contributed by atoms with Gasteiger partial charge in [-0.2, -0.15) is 0 Å². The average molecular weight is 448 g/mol. The number of benzene rings is 1. The number of anilines is 6. The largest absolute Gasteiger partial charge is 0.384 e. The summed E-state index contributed by atoms with van der Waals surface area (Å²) in [6, 6.07) is 22.2. The van der Waals surface area contributed by atoms with E-state index in [4.69, 9.17) is 5.73 Å². The highest BCUT2D eigenvalue weighted by Crippen LogP contribution is 2.20. The van der Waals surface area contributed by atoms with Crippen LogP contribution >= 0.6 is 0 Å². The molecule has 1 aromatic carbocycles. The molecule has 3 aromatic heterocycles. The van der Waals surface area contributed by atoms with Gasteiger partial charge in [-0.3, -0.25) is 4.72 Å². The van der Waals surface area contributed by atoms with Crippen molar-refractivity contribution < 1.29 is 8.42 Å². The maximum absolute atomic E-state index is 12.6. The van der Waals surface area contributed by atoms with Gasteiger partial charge in [0.1, 0.15) is 34.9 Å². The van der Waals surface area contributed by atoms with Gasteiger partial charge in [0, 0.05) is 0 Å². The van der Waals surface area contributed by atoms with Crippen LogP contribution in [0.15, 0.2) is 83.8 Å². The molecule has 0 unspecified atom stereocenters. The van der Waals surface area contributed by atoms with Gasteiger partial charge >= 0.3 is 0 Å². The van der Waals surface area contributed by atoms with E-state index >= 15 is 0 Å². The fraction of sp³-hybridized carbons (Fsp3) is 0.0455. The lowest BCUT2D eigenvalue weighted by atomic mass is 10.2. The van der Waals surface area contributed by atoms with Gasteiger partial charge < -0.3 is 16.4 Å². The van der Waals surface area contributed by atoms with Crippen molar-refractivity contribution in [3.05, 3.63) is 84.4 Å². The molecule has 10 heteroatoms. The van der Waals surface area contributed by atoms with Crippen molar-refractivity contribution in [1.82, 2.24) is 15.0 Å². The molecule has 5 N–H and O–H groups in total. The number of nitrogens with one attached hydrogen (secondary N) is 3. The third-order valence-corrected chi connectivity index (χ3v) is 5.72. The lowest BCUT2D eigenvalue weighted by Gasteiger charge is -2.11. The van der Waals surface area contributed by atoms with Crippen LogP contribution in [-0.4, -0.2) is 23.4 Å². The standard InChI is InChI=1S/C22H21N7O2S/c1-15-11-13-16(14-12-15)32(30,31)29-22-10-4-9-21(28-22)27-20-8-3-7-19(26-20)25-18-6-2-5-17(23)24-18/h2-14H,1H3,(H5,23,24,25,26,27,28,29). The molecule has 0 radical (unpaired) electrons. The van der Waals surface area contributed by atoms with Crippen LogP contribution in [0.1, 0.15) is 5.56 Å². The third kappa shape index (κ3) is 5.29. The predicted octanol–water partition coefficient (Wildman–Crippen LogP) is 4.05. The van der Waals surface area contributed by atoms with Crippen molar-refractivity contribution in [1.29, 1.82) is 0 Å². The van der Waals surface area contributed by atoms with Crippen molar-refractivity contribution in [3.8, 4) is 0 Å². The molecule has 3 heterocycles. The van der Waals surface area contributed by atoms with Crippen LogP contribution in [0.3, 0.4) is 0 Å². The van der Waals surface area contributed by atoms with Crippen molar-refractivity contribution >= 4 is 44.9 Å². The van der Waals surface area contributed by atoms with E-state index in [0.29, 0.717) is 29.1 Å². The Morgan fingerprint density at radius 1 is 0.656 bits per heavy atom. The molecule has 9 nitrogen and oxygen atoms in total. The highest BCUT2D eigenvalue weighted by Gasteiger charge is 2.14. The Bertz CT molecular complexity index is 1340. The smallest absolute Gasteiger partial charge is 0.263 e. The molecular weight excluding hydrogens is 426 g/mol. The van der Waals surface area contributed by atoms with Gasteiger partial charge in [0.25, 0.3) is 10.0 Å². The molecule has 0 saturated carbocycles. The van der Waals surface area contributed by atoms with E-state index in [9.17, 15) is 8.42 Å². The third-order valence-electron chi connectivity index (χ3n) is 4.35. The first-order valence-corrected chi connectivity index (χ1v) is 11.2. The number of hydrogen-bond donors (Lipinski definition) is 4. The minimum Gasteiger partial charge on any atom is -0.384 e. The SMILES string of the molecule is Cc1ccc(S(=O)(=O)Nc2cccc(Nc3cccc(Nc4cccc(N)n4)n3)n2)cc1. The molecule has 0 spiro atoms. The van der Waals surface area contributed by atoms with Crippen LogP contribution in [0.5, 0.6) is 0 Å². The van der Waals surface area contributed by atoms with Gasteiger partial charge in [0.05, 0.1) is 4.90 Å². The number of nitrogens with two attached hydrogens (primary N) is 1. The second kappa shape index (κ2) is 8.90. The maximum atomic E-state index is 12.6. The summed E-state index contributed by atoms with van der Waals surface area (Å²) >= 11 is 0. The summed E-state index contributed by atoms with van der Waals surface area (Å²) in [5, 5.41) is 6.15.